The first-order valence-electron chi connectivity index (χ1n) is 8.04. The van der Waals surface area contributed by atoms with Crippen molar-refractivity contribution in [3.63, 3.8) is 0 Å². The molecule has 28 heavy (non-hydrogen) atoms. The Bertz CT molecular complexity index is 1030. The summed E-state index contributed by atoms with van der Waals surface area (Å²) in [5, 5.41) is 14.3. The smallest absolute Gasteiger partial charge is 0.288 e. The van der Waals surface area contributed by atoms with E-state index in [1.54, 1.807) is 0 Å². The van der Waals surface area contributed by atoms with E-state index in [1.807, 2.05) is 41.8 Å². The number of thiazole rings is 1. The zero-order chi connectivity index (χ0) is 19.9. The van der Waals surface area contributed by atoms with Crippen LogP contribution in [0.5, 0.6) is 0 Å². The molecule has 0 saturated heterocycles. The highest BCUT2D eigenvalue weighted by atomic mass is 32.2. The molecule has 0 aliphatic carbocycles. The molecule has 0 aliphatic rings. The third-order valence-corrected chi connectivity index (χ3v) is 5.08. The lowest BCUT2D eigenvalue weighted by Gasteiger charge is -2.05. The third kappa shape index (κ3) is 5.25. The second-order valence-electron chi connectivity index (χ2n) is 5.46. The SMILES string of the molecule is N#C/C(=C/c1nc(-c2ccccc2)cs1)C(=O)Nc1ccc(SC(F)F)cc1. The van der Waals surface area contributed by atoms with E-state index in [1.165, 1.54) is 41.7 Å². The lowest BCUT2D eigenvalue weighted by Crippen LogP contribution is -2.13. The van der Waals surface area contributed by atoms with Gasteiger partial charge in [0.1, 0.15) is 16.6 Å². The van der Waals surface area contributed by atoms with Crippen LogP contribution in [0.4, 0.5) is 14.5 Å². The number of nitriles is 1. The molecular weight excluding hydrogens is 400 g/mol. The van der Waals surface area contributed by atoms with Crippen molar-refractivity contribution in [2.24, 2.45) is 0 Å². The number of nitrogens with one attached hydrogen (secondary N) is 1. The molecule has 1 amide bonds. The number of anilines is 1. The van der Waals surface area contributed by atoms with Gasteiger partial charge in [0.15, 0.2) is 0 Å². The number of nitrogens with zero attached hydrogens (tertiary/aromatic N) is 2. The zero-order valence-electron chi connectivity index (χ0n) is 14.3. The molecule has 1 N–H and O–H groups in total. The average molecular weight is 413 g/mol. The molecular formula is C20H13F2N3OS2. The zero-order valence-corrected chi connectivity index (χ0v) is 15.9. The van der Waals surface area contributed by atoms with Gasteiger partial charge >= 0.3 is 0 Å². The Labute approximate surface area is 168 Å². The summed E-state index contributed by atoms with van der Waals surface area (Å²) in [6.07, 6.45) is 1.42. The summed E-state index contributed by atoms with van der Waals surface area (Å²) < 4.78 is 24.7. The predicted octanol–water partition coefficient (Wildman–Crippen LogP) is 5.67. The highest BCUT2D eigenvalue weighted by molar-refractivity contribution is 7.99. The van der Waals surface area contributed by atoms with Gasteiger partial charge < -0.3 is 5.32 Å². The van der Waals surface area contributed by atoms with Crippen LogP contribution < -0.4 is 5.32 Å². The maximum Gasteiger partial charge on any atom is 0.288 e. The Morgan fingerprint density at radius 1 is 1.18 bits per heavy atom. The molecule has 0 spiro atoms. The van der Waals surface area contributed by atoms with Gasteiger partial charge in [-0.1, -0.05) is 42.1 Å². The van der Waals surface area contributed by atoms with Gasteiger partial charge in [0.05, 0.1) is 5.69 Å². The van der Waals surface area contributed by atoms with Gasteiger partial charge in [0.2, 0.25) is 0 Å². The fraction of sp³-hybridized carbons (Fsp3) is 0.0500. The van der Waals surface area contributed by atoms with Gasteiger partial charge in [0, 0.05) is 21.5 Å². The molecule has 0 fully saturated rings. The molecule has 3 rings (SSSR count). The highest BCUT2D eigenvalue weighted by Gasteiger charge is 2.12. The second kappa shape index (κ2) is 9.26. The maximum absolute atomic E-state index is 12.3. The van der Waals surface area contributed by atoms with Crippen LogP contribution in [0.3, 0.4) is 0 Å². The molecule has 0 saturated carbocycles. The standard InChI is InChI=1S/C20H13F2N3OS2/c21-20(22)28-16-8-6-15(7-9-16)24-19(26)14(11-23)10-18-25-17(12-27-18)13-4-2-1-3-5-13/h1-10,12,20H,(H,24,26)/b14-10-. The number of hydrogen-bond donors (Lipinski definition) is 1. The first-order chi connectivity index (χ1) is 13.5. The maximum atomic E-state index is 12.3. The molecule has 0 radical (unpaired) electrons. The summed E-state index contributed by atoms with van der Waals surface area (Å²) in [4.78, 5) is 17.2. The lowest BCUT2D eigenvalue weighted by atomic mass is 10.2. The van der Waals surface area contributed by atoms with Crippen molar-refractivity contribution in [1.29, 1.82) is 5.26 Å². The molecule has 0 unspecified atom stereocenters. The van der Waals surface area contributed by atoms with E-state index in [0.717, 1.165) is 11.3 Å². The van der Waals surface area contributed by atoms with Crippen molar-refractivity contribution in [2.45, 2.75) is 10.7 Å². The minimum atomic E-state index is -2.51. The number of hydrogen-bond acceptors (Lipinski definition) is 5. The quantitative estimate of drug-likeness (QED) is 0.321. The first-order valence-corrected chi connectivity index (χ1v) is 9.80. The minimum absolute atomic E-state index is 0.0972. The number of carbonyl (C=O) groups is 1. The van der Waals surface area contributed by atoms with Crippen molar-refractivity contribution < 1.29 is 13.6 Å². The van der Waals surface area contributed by atoms with Crippen LogP contribution in [0, 0.1) is 11.3 Å². The van der Waals surface area contributed by atoms with Crippen molar-refractivity contribution in [3.05, 3.63) is 70.6 Å². The molecule has 1 aromatic heterocycles. The predicted molar refractivity (Wildman–Crippen MR) is 108 cm³/mol. The van der Waals surface area contributed by atoms with Crippen molar-refractivity contribution in [3.8, 4) is 17.3 Å². The normalized spacial score (nSPS) is 11.3. The van der Waals surface area contributed by atoms with Crippen molar-refractivity contribution >= 4 is 40.8 Å². The number of rotatable bonds is 6. The Morgan fingerprint density at radius 3 is 2.54 bits per heavy atom. The van der Waals surface area contributed by atoms with Crippen LogP contribution in [0.2, 0.25) is 0 Å². The number of thioether (sulfide) groups is 1. The molecule has 0 aliphatic heterocycles. The number of alkyl halides is 2. The molecule has 4 nitrogen and oxygen atoms in total. The van der Waals surface area contributed by atoms with Crippen LogP contribution in [0.1, 0.15) is 5.01 Å². The van der Waals surface area contributed by atoms with E-state index in [4.69, 9.17) is 0 Å². The van der Waals surface area contributed by atoms with Crippen LogP contribution in [0.15, 0.2) is 70.4 Å². The van der Waals surface area contributed by atoms with Gasteiger partial charge in [-0.3, -0.25) is 4.79 Å². The second-order valence-corrected chi connectivity index (χ2v) is 7.42. The van der Waals surface area contributed by atoms with E-state index in [0.29, 0.717) is 27.4 Å². The summed E-state index contributed by atoms with van der Waals surface area (Å²) >= 11 is 1.75. The average Bonchev–Trinajstić information content (AvgIpc) is 3.16. The number of halogens is 2. The van der Waals surface area contributed by atoms with Crippen LogP contribution in [0.25, 0.3) is 17.3 Å². The monoisotopic (exact) mass is 413 g/mol. The minimum Gasteiger partial charge on any atom is -0.321 e. The van der Waals surface area contributed by atoms with Crippen molar-refractivity contribution in [1.82, 2.24) is 4.98 Å². The third-order valence-electron chi connectivity index (χ3n) is 3.56. The van der Waals surface area contributed by atoms with Gasteiger partial charge in [-0.2, -0.15) is 14.0 Å². The van der Waals surface area contributed by atoms with Crippen LogP contribution in [-0.2, 0) is 4.79 Å². The molecule has 1 heterocycles. The Balaban J connectivity index is 1.71. The van der Waals surface area contributed by atoms with Crippen LogP contribution in [-0.4, -0.2) is 16.6 Å². The number of aromatic nitrogens is 1. The summed E-state index contributed by atoms with van der Waals surface area (Å²) in [5.74, 6) is -3.10. The summed E-state index contributed by atoms with van der Waals surface area (Å²) in [6.45, 7) is 0. The van der Waals surface area contributed by atoms with Crippen molar-refractivity contribution in [2.75, 3.05) is 5.32 Å². The van der Waals surface area contributed by atoms with E-state index in [2.05, 4.69) is 10.3 Å². The highest BCUT2D eigenvalue weighted by Crippen LogP contribution is 2.26. The summed E-state index contributed by atoms with van der Waals surface area (Å²) in [5.41, 5.74) is 2.03. The molecule has 0 bridgehead atoms. The lowest BCUT2D eigenvalue weighted by molar-refractivity contribution is -0.112. The van der Waals surface area contributed by atoms with Gasteiger partial charge in [-0.25, -0.2) is 4.98 Å². The largest absolute Gasteiger partial charge is 0.321 e. The van der Waals surface area contributed by atoms with Gasteiger partial charge in [0.25, 0.3) is 11.7 Å². The molecule has 0 atom stereocenters. The molecule has 2 aromatic carbocycles. The van der Waals surface area contributed by atoms with Gasteiger partial charge in [-0.05, 0) is 30.3 Å². The molecule has 3 aromatic rings. The summed E-state index contributed by atoms with van der Waals surface area (Å²) in [7, 11) is 0. The Kier molecular flexibility index (Phi) is 6.53. The fourth-order valence-corrected chi connectivity index (χ4v) is 3.54. The Hall–Kier alpha value is -3.02. The Morgan fingerprint density at radius 2 is 1.89 bits per heavy atom. The van der Waals surface area contributed by atoms with Crippen LogP contribution >= 0.6 is 23.1 Å². The van der Waals surface area contributed by atoms with Gasteiger partial charge in [-0.15, -0.1) is 11.3 Å². The summed E-state index contributed by atoms with van der Waals surface area (Å²) in [6, 6.07) is 17.4. The van der Waals surface area contributed by atoms with E-state index in [9.17, 15) is 18.8 Å². The van der Waals surface area contributed by atoms with E-state index in [-0.39, 0.29) is 5.57 Å². The number of benzene rings is 2. The number of amides is 1. The molecule has 8 heteroatoms. The van der Waals surface area contributed by atoms with E-state index >= 15 is 0 Å². The number of carbonyl (C=O) groups excluding carboxylic acids is 1. The molecule has 140 valence electrons. The topological polar surface area (TPSA) is 65.8 Å². The first kappa shape index (κ1) is 19.7. The fourth-order valence-electron chi connectivity index (χ4n) is 2.29. The van der Waals surface area contributed by atoms with E-state index < -0.39 is 11.7 Å².